The summed E-state index contributed by atoms with van der Waals surface area (Å²) in [6.07, 6.45) is 6.83. The standard InChI is InChI=1S/C16H18N8O2S/c1-3-27(25,26)23-9-16(10-23,4-5-17)24-8-12(6-21-24)14-13-7-20-22(2)15(13)19-11-18-14/h6-8,11H,3-4,9-10H2,1-2H3. The van der Waals surface area contributed by atoms with Crippen LogP contribution in [-0.2, 0) is 22.6 Å². The van der Waals surface area contributed by atoms with Crippen molar-refractivity contribution in [1.29, 1.82) is 5.26 Å². The molecule has 1 aliphatic rings. The summed E-state index contributed by atoms with van der Waals surface area (Å²) in [5.41, 5.74) is 1.52. The fourth-order valence-electron chi connectivity index (χ4n) is 3.37. The highest BCUT2D eigenvalue weighted by atomic mass is 32.2. The van der Waals surface area contributed by atoms with Crippen molar-refractivity contribution in [1.82, 2.24) is 33.8 Å². The molecular weight excluding hydrogens is 368 g/mol. The maximum atomic E-state index is 12.1. The zero-order valence-electron chi connectivity index (χ0n) is 14.9. The number of aromatic nitrogens is 6. The van der Waals surface area contributed by atoms with Gasteiger partial charge in [0.15, 0.2) is 5.65 Å². The zero-order valence-corrected chi connectivity index (χ0v) is 15.8. The number of sulfonamides is 1. The Morgan fingerprint density at radius 3 is 2.74 bits per heavy atom. The molecule has 4 rings (SSSR count). The molecule has 0 saturated carbocycles. The third kappa shape index (κ3) is 2.68. The Balaban J connectivity index is 1.70. The van der Waals surface area contributed by atoms with Crippen LogP contribution in [0.15, 0.2) is 24.9 Å². The summed E-state index contributed by atoms with van der Waals surface area (Å²) in [5.74, 6) is 0.0416. The predicted molar refractivity (Wildman–Crippen MR) is 96.8 cm³/mol. The zero-order chi connectivity index (χ0) is 19.2. The van der Waals surface area contributed by atoms with Crippen molar-refractivity contribution in [2.45, 2.75) is 18.9 Å². The summed E-state index contributed by atoms with van der Waals surface area (Å²) in [4.78, 5) is 8.59. The molecule has 1 fully saturated rings. The third-order valence-corrected chi connectivity index (χ3v) is 6.75. The minimum absolute atomic E-state index is 0.0416. The van der Waals surface area contributed by atoms with Gasteiger partial charge in [0.25, 0.3) is 0 Å². The van der Waals surface area contributed by atoms with Gasteiger partial charge in [0.1, 0.15) is 11.9 Å². The van der Waals surface area contributed by atoms with E-state index >= 15 is 0 Å². The van der Waals surface area contributed by atoms with E-state index in [2.05, 4.69) is 26.2 Å². The molecule has 4 heterocycles. The Kier molecular flexibility index (Phi) is 3.97. The topological polar surface area (TPSA) is 123 Å². The molecule has 0 unspecified atom stereocenters. The van der Waals surface area contributed by atoms with Gasteiger partial charge in [-0.05, 0) is 6.92 Å². The first-order chi connectivity index (χ1) is 12.9. The van der Waals surface area contributed by atoms with Crippen molar-refractivity contribution in [3.05, 3.63) is 24.9 Å². The van der Waals surface area contributed by atoms with E-state index in [4.69, 9.17) is 0 Å². The lowest BCUT2D eigenvalue weighted by Crippen LogP contribution is -2.64. The van der Waals surface area contributed by atoms with Crippen LogP contribution in [0, 0.1) is 11.3 Å². The van der Waals surface area contributed by atoms with Crippen LogP contribution in [0.1, 0.15) is 13.3 Å². The van der Waals surface area contributed by atoms with Gasteiger partial charge in [-0.3, -0.25) is 9.36 Å². The van der Waals surface area contributed by atoms with Gasteiger partial charge in [0, 0.05) is 31.9 Å². The molecule has 0 aliphatic carbocycles. The van der Waals surface area contributed by atoms with Crippen molar-refractivity contribution < 1.29 is 8.42 Å². The molecule has 3 aromatic rings. The summed E-state index contributed by atoms with van der Waals surface area (Å²) >= 11 is 0. The molecule has 0 spiro atoms. The minimum atomic E-state index is -3.28. The van der Waals surface area contributed by atoms with Gasteiger partial charge >= 0.3 is 0 Å². The predicted octanol–water partition coefficient (Wildman–Crippen LogP) is 0.501. The number of fused-ring (bicyclic) bond motifs is 1. The van der Waals surface area contributed by atoms with E-state index in [1.807, 2.05) is 13.2 Å². The summed E-state index contributed by atoms with van der Waals surface area (Å²) in [5, 5.41) is 18.7. The summed E-state index contributed by atoms with van der Waals surface area (Å²) in [6, 6.07) is 2.16. The van der Waals surface area contributed by atoms with E-state index < -0.39 is 15.6 Å². The van der Waals surface area contributed by atoms with E-state index in [9.17, 15) is 13.7 Å². The lowest BCUT2D eigenvalue weighted by atomic mass is 9.89. The van der Waals surface area contributed by atoms with E-state index in [1.165, 1.54) is 10.6 Å². The maximum absolute atomic E-state index is 12.1. The second kappa shape index (κ2) is 6.11. The molecule has 1 saturated heterocycles. The summed E-state index contributed by atoms with van der Waals surface area (Å²) in [7, 11) is -1.47. The van der Waals surface area contributed by atoms with Crippen LogP contribution in [0.3, 0.4) is 0 Å². The average molecular weight is 386 g/mol. The second-order valence-corrected chi connectivity index (χ2v) is 8.89. The first-order valence-electron chi connectivity index (χ1n) is 8.43. The number of nitrogens with zero attached hydrogens (tertiary/aromatic N) is 8. The number of rotatable bonds is 5. The Hall–Kier alpha value is -2.84. The van der Waals surface area contributed by atoms with Crippen molar-refractivity contribution in [3.63, 3.8) is 0 Å². The second-order valence-electron chi connectivity index (χ2n) is 6.63. The largest absolute Gasteiger partial charge is 0.262 e. The van der Waals surface area contributed by atoms with Crippen LogP contribution in [-0.4, -0.2) is 61.1 Å². The summed E-state index contributed by atoms with van der Waals surface area (Å²) < 4.78 is 28.9. The van der Waals surface area contributed by atoms with Gasteiger partial charge in [-0.25, -0.2) is 18.4 Å². The van der Waals surface area contributed by atoms with E-state index in [0.717, 1.165) is 10.9 Å². The number of hydrogen-bond acceptors (Lipinski definition) is 7. The van der Waals surface area contributed by atoms with Crippen LogP contribution in [0.2, 0.25) is 0 Å². The highest BCUT2D eigenvalue weighted by molar-refractivity contribution is 7.89. The van der Waals surface area contributed by atoms with Gasteiger partial charge in [-0.2, -0.15) is 19.8 Å². The third-order valence-electron chi connectivity index (χ3n) is 4.98. The van der Waals surface area contributed by atoms with Crippen molar-refractivity contribution >= 4 is 21.1 Å². The van der Waals surface area contributed by atoms with Gasteiger partial charge in [0.2, 0.25) is 10.0 Å². The molecule has 10 nitrogen and oxygen atoms in total. The fourth-order valence-corrected chi connectivity index (χ4v) is 4.61. The normalized spacial score (nSPS) is 16.9. The fraction of sp³-hybridized carbons (Fsp3) is 0.438. The number of aryl methyl sites for hydroxylation is 1. The van der Waals surface area contributed by atoms with Crippen LogP contribution < -0.4 is 0 Å². The van der Waals surface area contributed by atoms with Crippen LogP contribution in [0.25, 0.3) is 22.3 Å². The van der Waals surface area contributed by atoms with Crippen LogP contribution >= 0.6 is 0 Å². The van der Waals surface area contributed by atoms with E-state index in [-0.39, 0.29) is 25.3 Å². The monoisotopic (exact) mass is 386 g/mol. The SMILES string of the molecule is CCS(=O)(=O)N1CC(CC#N)(n2cc(-c3ncnc4c3cnn4C)cn2)C1. The number of hydrogen-bond donors (Lipinski definition) is 0. The van der Waals surface area contributed by atoms with Gasteiger partial charge in [-0.1, -0.05) is 0 Å². The van der Waals surface area contributed by atoms with Crippen molar-refractivity contribution in [2.24, 2.45) is 7.05 Å². The molecule has 1 aliphatic heterocycles. The Morgan fingerprint density at radius 2 is 2.04 bits per heavy atom. The molecule has 0 N–H and O–H groups in total. The molecule has 140 valence electrons. The average Bonchev–Trinajstić information content (AvgIpc) is 3.25. The van der Waals surface area contributed by atoms with Crippen LogP contribution in [0.5, 0.6) is 0 Å². The molecule has 0 aromatic carbocycles. The maximum Gasteiger partial charge on any atom is 0.213 e. The smallest absolute Gasteiger partial charge is 0.213 e. The molecule has 0 amide bonds. The Morgan fingerprint density at radius 1 is 1.26 bits per heavy atom. The minimum Gasteiger partial charge on any atom is -0.262 e. The molecule has 0 atom stereocenters. The van der Waals surface area contributed by atoms with Gasteiger partial charge < -0.3 is 0 Å². The number of nitriles is 1. The molecule has 0 bridgehead atoms. The first kappa shape index (κ1) is 17.6. The van der Waals surface area contributed by atoms with Gasteiger partial charge in [0.05, 0.1) is 41.7 Å². The van der Waals surface area contributed by atoms with Crippen molar-refractivity contribution in [2.75, 3.05) is 18.8 Å². The molecule has 3 aromatic heterocycles. The Labute approximate surface area is 156 Å². The quantitative estimate of drug-likeness (QED) is 0.625. The van der Waals surface area contributed by atoms with Gasteiger partial charge in [-0.15, -0.1) is 0 Å². The van der Waals surface area contributed by atoms with Crippen molar-refractivity contribution in [3.8, 4) is 17.3 Å². The van der Waals surface area contributed by atoms with Crippen LogP contribution in [0.4, 0.5) is 0 Å². The lowest BCUT2D eigenvalue weighted by molar-refractivity contribution is 0.0719. The van der Waals surface area contributed by atoms with E-state index in [1.54, 1.807) is 28.7 Å². The highest BCUT2D eigenvalue weighted by Gasteiger charge is 2.49. The Bertz CT molecular complexity index is 1150. The first-order valence-corrected chi connectivity index (χ1v) is 10.0. The molecular formula is C16H18N8O2S. The lowest BCUT2D eigenvalue weighted by Gasteiger charge is -2.47. The highest BCUT2D eigenvalue weighted by Crippen LogP contribution is 2.35. The summed E-state index contributed by atoms with van der Waals surface area (Å²) in [6.45, 7) is 2.09. The molecule has 0 radical (unpaired) electrons. The molecule has 11 heteroatoms. The van der Waals surface area contributed by atoms with E-state index in [0.29, 0.717) is 11.3 Å². The molecule has 27 heavy (non-hydrogen) atoms.